The summed E-state index contributed by atoms with van der Waals surface area (Å²) in [4.78, 5) is 15.8. The van der Waals surface area contributed by atoms with Crippen LogP contribution in [0.5, 0.6) is 5.75 Å². The Balaban J connectivity index is 1.56. The lowest BCUT2D eigenvalue weighted by Crippen LogP contribution is -2.30. The van der Waals surface area contributed by atoms with Gasteiger partial charge in [-0.05, 0) is 64.8 Å². The molecule has 0 bridgehead atoms. The van der Waals surface area contributed by atoms with Gasteiger partial charge < -0.3 is 4.74 Å². The molecule has 1 aliphatic heterocycles. The van der Waals surface area contributed by atoms with Gasteiger partial charge in [0.1, 0.15) is 15.8 Å². The number of thiocarbonyl (C=S) groups is 1. The summed E-state index contributed by atoms with van der Waals surface area (Å²) in [6.07, 6.45) is 3.83. The zero-order valence-electron chi connectivity index (χ0n) is 19.6. The van der Waals surface area contributed by atoms with E-state index in [2.05, 4.69) is 15.9 Å². The van der Waals surface area contributed by atoms with Gasteiger partial charge in [0, 0.05) is 17.3 Å². The monoisotopic (exact) mass is 575 g/mol. The van der Waals surface area contributed by atoms with Crippen LogP contribution < -0.4 is 4.74 Å². The highest BCUT2D eigenvalue weighted by molar-refractivity contribution is 9.10. The van der Waals surface area contributed by atoms with Crippen LogP contribution in [0.3, 0.4) is 0 Å². The number of benzene rings is 3. The standard InChI is InChI=1S/C28H22BrN3O2S2/c1-18(19-9-5-3-6-10-19)32-27(33)25(36-28(32)35)16-21-17-31(22-11-7-4-8-12-22)30-26(21)20-13-14-24(34-2)23(29)15-20/h3-18H,1-2H3/b25-16+. The van der Waals surface area contributed by atoms with Gasteiger partial charge in [0.25, 0.3) is 5.91 Å². The highest BCUT2D eigenvalue weighted by Gasteiger charge is 2.36. The maximum Gasteiger partial charge on any atom is 0.266 e. The highest BCUT2D eigenvalue weighted by Crippen LogP contribution is 2.39. The molecule has 4 aromatic rings. The number of hydrogen-bond donors (Lipinski definition) is 0. The van der Waals surface area contributed by atoms with Crippen molar-refractivity contribution in [2.24, 2.45) is 0 Å². The lowest BCUT2D eigenvalue weighted by atomic mass is 10.1. The number of amides is 1. The van der Waals surface area contributed by atoms with Crippen LogP contribution in [-0.4, -0.2) is 32.0 Å². The van der Waals surface area contributed by atoms with Crippen LogP contribution in [0.25, 0.3) is 23.0 Å². The van der Waals surface area contributed by atoms with Gasteiger partial charge in [-0.25, -0.2) is 4.68 Å². The largest absolute Gasteiger partial charge is 0.496 e. The molecule has 0 spiro atoms. The van der Waals surface area contributed by atoms with Gasteiger partial charge in [0.05, 0.1) is 28.2 Å². The molecule has 1 unspecified atom stereocenters. The summed E-state index contributed by atoms with van der Waals surface area (Å²) in [5.74, 6) is 0.634. The van der Waals surface area contributed by atoms with Gasteiger partial charge in [-0.2, -0.15) is 5.10 Å². The van der Waals surface area contributed by atoms with E-state index in [-0.39, 0.29) is 11.9 Å². The summed E-state index contributed by atoms with van der Waals surface area (Å²) in [7, 11) is 1.63. The first kappa shape index (κ1) is 24.5. The van der Waals surface area contributed by atoms with Crippen molar-refractivity contribution in [1.29, 1.82) is 0 Å². The Morgan fingerprint density at radius 3 is 2.42 bits per heavy atom. The molecule has 0 saturated carbocycles. The number of nitrogens with zero attached hydrogens (tertiary/aromatic N) is 3. The molecule has 0 N–H and O–H groups in total. The SMILES string of the molecule is COc1ccc(-c2nn(-c3ccccc3)cc2/C=C2/SC(=S)N(C(C)c3ccccc3)C2=O)cc1Br. The van der Waals surface area contributed by atoms with Gasteiger partial charge in [-0.15, -0.1) is 0 Å². The summed E-state index contributed by atoms with van der Waals surface area (Å²) in [5.41, 5.74) is 4.44. The molecule has 1 amide bonds. The molecule has 1 aliphatic rings. The molecule has 3 aromatic carbocycles. The minimum absolute atomic E-state index is 0.101. The van der Waals surface area contributed by atoms with Gasteiger partial charge in [0.2, 0.25) is 0 Å². The molecule has 0 aliphatic carbocycles. The fourth-order valence-electron chi connectivity index (χ4n) is 4.08. The number of carbonyl (C=O) groups excluding carboxylic acids is 1. The van der Waals surface area contributed by atoms with Crippen molar-refractivity contribution in [2.45, 2.75) is 13.0 Å². The fraction of sp³-hybridized carbons (Fsp3) is 0.107. The zero-order chi connectivity index (χ0) is 25.2. The van der Waals surface area contributed by atoms with Crippen molar-refractivity contribution >= 4 is 56.2 Å². The van der Waals surface area contributed by atoms with Gasteiger partial charge in [-0.3, -0.25) is 9.69 Å². The van der Waals surface area contributed by atoms with Crippen LogP contribution in [0, 0.1) is 0 Å². The molecule has 1 saturated heterocycles. The van der Waals surface area contributed by atoms with Crippen molar-refractivity contribution in [1.82, 2.24) is 14.7 Å². The van der Waals surface area contributed by atoms with Crippen molar-refractivity contribution in [2.75, 3.05) is 7.11 Å². The Kier molecular flexibility index (Phi) is 7.09. The average molecular weight is 577 g/mol. The van der Waals surface area contributed by atoms with E-state index in [1.54, 1.807) is 12.0 Å². The number of aromatic nitrogens is 2. The van der Waals surface area contributed by atoms with Gasteiger partial charge in [0.15, 0.2) is 0 Å². The highest BCUT2D eigenvalue weighted by atomic mass is 79.9. The number of thioether (sulfide) groups is 1. The van der Waals surface area contributed by atoms with E-state index < -0.39 is 0 Å². The smallest absolute Gasteiger partial charge is 0.266 e. The number of methoxy groups -OCH3 is 1. The lowest BCUT2D eigenvalue weighted by molar-refractivity contribution is -0.123. The molecular formula is C28H22BrN3O2S2. The molecule has 180 valence electrons. The minimum atomic E-state index is -0.159. The van der Waals surface area contributed by atoms with Crippen molar-refractivity contribution in [3.8, 4) is 22.7 Å². The molecule has 1 aromatic heterocycles. The number of ether oxygens (including phenoxy) is 1. The van der Waals surface area contributed by atoms with Crippen LogP contribution >= 0.6 is 39.9 Å². The van der Waals surface area contributed by atoms with E-state index in [0.29, 0.717) is 9.23 Å². The summed E-state index contributed by atoms with van der Waals surface area (Å²) in [6.45, 7) is 2.00. The maximum atomic E-state index is 13.5. The van der Waals surface area contributed by atoms with Gasteiger partial charge in [-0.1, -0.05) is 72.5 Å². The van der Waals surface area contributed by atoms with Crippen molar-refractivity contribution in [3.63, 3.8) is 0 Å². The van der Waals surface area contributed by atoms with Crippen LogP contribution in [0.1, 0.15) is 24.1 Å². The van der Waals surface area contributed by atoms with E-state index >= 15 is 0 Å². The zero-order valence-corrected chi connectivity index (χ0v) is 22.8. The average Bonchev–Trinajstić information content (AvgIpc) is 3.45. The quantitative estimate of drug-likeness (QED) is 0.179. The topological polar surface area (TPSA) is 47.4 Å². The molecular weight excluding hydrogens is 554 g/mol. The molecule has 8 heteroatoms. The second kappa shape index (κ2) is 10.4. The summed E-state index contributed by atoms with van der Waals surface area (Å²) in [6, 6.07) is 25.5. The normalized spacial score (nSPS) is 15.5. The van der Waals surface area contributed by atoms with Crippen LogP contribution in [0.4, 0.5) is 0 Å². The third-order valence-electron chi connectivity index (χ3n) is 5.97. The van der Waals surface area contributed by atoms with E-state index in [9.17, 15) is 4.79 Å². The third kappa shape index (κ3) is 4.76. The molecule has 1 fully saturated rings. The number of halogens is 1. The lowest BCUT2D eigenvalue weighted by Gasteiger charge is -2.23. The second-order valence-corrected chi connectivity index (χ2v) is 10.7. The Hall–Kier alpha value is -3.20. The Morgan fingerprint density at radius 1 is 1.06 bits per heavy atom. The molecule has 5 rings (SSSR count). The molecule has 2 heterocycles. The van der Waals surface area contributed by atoms with E-state index in [1.807, 2.05) is 103 Å². The Bertz CT molecular complexity index is 1470. The number of carbonyl (C=O) groups is 1. The maximum absolute atomic E-state index is 13.5. The van der Waals surface area contributed by atoms with E-state index in [0.717, 1.165) is 38.3 Å². The molecule has 36 heavy (non-hydrogen) atoms. The minimum Gasteiger partial charge on any atom is -0.496 e. The third-order valence-corrected chi connectivity index (χ3v) is 7.92. The predicted molar refractivity (Wildman–Crippen MR) is 153 cm³/mol. The fourth-order valence-corrected chi connectivity index (χ4v) is 6.03. The Morgan fingerprint density at radius 2 is 1.75 bits per heavy atom. The first-order chi connectivity index (χ1) is 17.5. The van der Waals surface area contributed by atoms with Crippen LogP contribution in [0.2, 0.25) is 0 Å². The number of hydrogen-bond acceptors (Lipinski definition) is 5. The van der Waals surface area contributed by atoms with E-state index in [1.165, 1.54) is 11.8 Å². The molecule has 0 radical (unpaired) electrons. The van der Waals surface area contributed by atoms with Crippen LogP contribution in [-0.2, 0) is 4.79 Å². The second-order valence-electron chi connectivity index (χ2n) is 8.20. The van der Waals surface area contributed by atoms with Gasteiger partial charge >= 0.3 is 0 Å². The number of rotatable bonds is 6. The summed E-state index contributed by atoms with van der Waals surface area (Å²) in [5, 5.41) is 4.88. The first-order valence-electron chi connectivity index (χ1n) is 11.3. The predicted octanol–water partition coefficient (Wildman–Crippen LogP) is 7.27. The summed E-state index contributed by atoms with van der Waals surface area (Å²) < 4.78 is 8.59. The first-order valence-corrected chi connectivity index (χ1v) is 13.3. The number of para-hydroxylation sites is 1. The molecule has 1 atom stereocenters. The molecule has 5 nitrogen and oxygen atoms in total. The Labute approximate surface area is 227 Å². The van der Waals surface area contributed by atoms with Crippen molar-refractivity contribution in [3.05, 3.63) is 106 Å². The van der Waals surface area contributed by atoms with Crippen molar-refractivity contribution < 1.29 is 9.53 Å². The van der Waals surface area contributed by atoms with Crippen LogP contribution in [0.15, 0.2) is 94.4 Å². The van der Waals surface area contributed by atoms with E-state index in [4.69, 9.17) is 22.1 Å². The summed E-state index contributed by atoms with van der Waals surface area (Å²) >= 11 is 10.5.